The maximum Gasteiger partial charge on any atom is 0.416 e. The van der Waals surface area contributed by atoms with Crippen LogP contribution in [-0.4, -0.2) is 26.1 Å². The molecule has 0 atom stereocenters. The summed E-state index contributed by atoms with van der Waals surface area (Å²) in [7, 11) is 1.79. The van der Waals surface area contributed by atoms with E-state index in [0.29, 0.717) is 17.9 Å². The Bertz CT molecular complexity index is 1210. The molecular formula is C20H16ClF3N4O. The highest BCUT2D eigenvalue weighted by Crippen LogP contribution is 2.34. The minimum atomic E-state index is -4.39. The molecule has 4 aromatic rings. The average Bonchev–Trinajstić information content (AvgIpc) is 3.20. The zero-order valence-corrected chi connectivity index (χ0v) is 16.1. The predicted octanol–water partition coefficient (Wildman–Crippen LogP) is 4.39. The second kappa shape index (κ2) is 7.11. The normalized spacial score (nSPS) is 12.0. The number of aryl methyl sites for hydroxylation is 1. The third-order valence-corrected chi connectivity index (χ3v) is 4.92. The molecule has 5 nitrogen and oxygen atoms in total. The average molecular weight is 421 g/mol. The first-order valence-electron chi connectivity index (χ1n) is 8.75. The molecule has 4 rings (SSSR count). The Morgan fingerprint density at radius 1 is 1.14 bits per heavy atom. The first-order valence-corrected chi connectivity index (χ1v) is 9.28. The van der Waals surface area contributed by atoms with Crippen LogP contribution >= 0.6 is 11.6 Å². The molecule has 1 amide bonds. The van der Waals surface area contributed by atoms with Gasteiger partial charge in [0.1, 0.15) is 5.88 Å². The zero-order valence-electron chi connectivity index (χ0n) is 15.3. The largest absolute Gasteiger partial charge is 0.416 e. The van der Waals surface area contributed by atoms with Crippen molar-refractivity contribution in [2.75, 3.05) is 5.88 Å². The van der Waals surface area contributed by atoms with Crippen molar-refractivity contribution in [3.63, 3.8) is 0 Å². The van der Waals surface area contributed by atoms with E-state index in [2.05, 4.69) is 10.4 Å². The summed E-state index contributed by atoms with van der Waals surface area (Å²) >= 11 is 5.51. The van der Waals surface area contributed by atoms with Crippen LogP contribution in [0.3, 0.4) is 0 Å². The highest BCUT2D eigenvalue weighted by Gasteiger charge is 2.30. The molecule has 2 heterocycles. The Morgan fingerprint density at radius 3 is 2.52 bits per heavy atom. The summed E-state index contributed by atoms with van der Waals surface area (Å²) < 4.78 is 42.2. The summed E-state index contributed by atoms with van der Waals surface area (Å²) in [6, 6.07) is 10.7. The van der Waals surface area contributed by atoms with Crippen LogP contribution in [0.25, 0.3) is 27.6 Å². The number of halogens is 4. The van der Waals surface area contributed by atoms with Crippen LogP contribution in [0, 0.1) is 0 Å². The summed E-state index contributed by atoms with van der Waals surface area (Å²) in [6.07, 6.45) is -2.53. The van der Waals surface area contributed by atoms with Crippen molar-refractivity contribution in [3.05, 3.63) is 59.8 Å². The molecule has 150 valence electrons. The summed E-state index contributed by atoms with van der Waals surface area (Å²) in [5.74, 6) is -0.375. The van der Waals surface area contributed by atoms with Crippen molar-refractivity contribution >= 4 is 39.4 Å². The number of fused-ring (bicyclic) bond motifs is 3. The number of amides is 1. The van der Waals surface area contributed by atoms with Crippen molar-refractivity contribution < 1.29 is 18.0 Å². The number of alkyl halides is 4. The van der Waals surface area contributed by atoms with E-state index < -0.39 is 11.7 Å². The molecule has 0 fully saturated rings. The van der Waals surface area contributed by atoms with E-state index in [9.17, 15) is 18.0 Å². The quantitative estimate of drug-likeness (QED) is 0.498. The van der Waals surface area contributed by atoms with E-state index >= 15 is 0 Å². The number of hydrogen-bond acceptors (Lipinski definition) is 2. The standard InChI is InChI=1S/C20H16ClF3N4O/c1-27-11-16-15-8-12(10-25-18(29)9-21)2-7-17(15)28(19(16)26-27)14-5-3-13(4-6-14)20(22,23)24/h2-8,11H,9-10H2,1H3,(H,25,29). The lowest BCUT2D eigenvalue weighted by Crippen LogP contribution is -2.23. The number of nitrogens with zero attached hydrogens (tertiary/aromatic N) is 3. The van der Waals surface area contributed by atoms with Gasteiger partial charge in [-0.1, -0.05) is 6.07 Å². The van der Waals surface area contributed by atoms with Crippen molar-refractivity contribution in [2.45, 2.75) is 12.7 Å². The van der Waals surface area contributed by atoms with Crippen LogP contribution in [0.5, 0.6) is 0 Å². The van der Waals surface area contributed by atoms with Gasteiger partial charge in [-0.15, -0.1) is 11.6 Å². The lowest BCUT2D eigenvalue weighted by atomic mass is 10.1. The lowest BCUT2D eigenvalue weighted by Gasteiger charge is -2.10. The first kappa shape index (κ1) is 19.3. The van der Waals surface area contributed by atoms with E-state index in [1.807, 2.05) is 29.0 Å². The van der Waals surface area contributed by atoms with Crippen LogP contribution in [0.1, 0.15) is 11.1 Å². The fourth-order valence-corrected chi connectivity index (χ4v) is 3.45. The van der Waals surface area contributed by atoms with Gasteiger partial charge in [0.05, 0.1) is 11.1 Å². The van der Waals surface area contributed by atoms with E-state index in [4.69, 9.17) is 11.6 Å². The van der Waals surface area contributed by atoms with Crippen LogP contribution in [0.2, 0.25) is 0 Å². The molecule has 2 aromatic carbocycles. The molecule has 0 bridgehead atoms. The minimum Gasteiger partial charge on any atom is -0.351 e. The van der Waals surface area contributed by atoms with Crippen molar-refractivity contribution in [2.24, 2.45) is 7.05 Å². The molecule has 0 unspecified atom stereocenters. The molecular weight excluding hydrogens is 405 g/mol. The van der Waals surface area contributed by atoms with Gasteiger partial charge in [0.15, 0.2) is 5.65 Å². The summed E-state index contributed by atoms with van der Waals surface area (Å²) in [4.78, 5) is 11.4. The van der Waals surface area contributed by atoms with Gasteiger partial charge in [0.25, 0.3) is 0 Å². The molecule has 0 spiro atoms. The summed E-state index contributed by atoms with van der Waals surface area (Å²) in [6.45, 7) is 0.328. The number of carbonyl (C=O) groups excluding carboxylic acids is 1. The van der Waals surface area contributed by atoms with E-state index in [0.717, 1.165) is 34.0 Å². The van der Waals surface area contributed by atoms with E-state index in [1.54, 1.807) is 11.7 Å². The van der Waals surface area contributed by atoms with Gasteiger partial charge in [-0.05, 0) is 42.0 Å². The van der Waals surface area contributed by atoms with E-state index in [1.165, 1.54) is 12.1 Å². The van der Waals surface area contributed by atoms with Crippen molar-refractivity contribution in [3.8, 4) is 5.69 Å². The van der Waals surface area contributed by atoms with Gasteiger partial charge in [-0.25, -0.2) is 0 Å². The second-order valence-electron chi connectivity index (χ2n) is 6.68. The third-order valence-electron chi connectivity index (χ3n) is 4.68. The molecule has 2 aromatic heterocycles. The number of nitrogens with one attached hydrogen (secondary N) is 1. The second-order valence-corrected chi connectivity index (χ2v) is 6.95. The number of carbonyl (C=O) groups is 1. The molecule has 9 heteroatoms. The molecule has 0 aliphatic heterocycles. The Morgan fingerprint density at radius 2 is 1.86 bits per heavy atom. The highest BCUT2D eigenvalue weighted by atomic mass is 35.5. The lowest BCUT2D eigenvalue weighted by molar-refractivity contribution is -0.137. The topological polar surface area (TPSA) is 51.9 Å². The van der Waals surface area contributed by atoms with Gasteiger partial charge in [0.2, 0.25) is 5.91 Å². The maximum atomic E-state index is 12.9. The molecule has 0 aliphatic rings. The van der Waals surface area contributed by atoms with Crippen molar-refractivity contribution in [1.82, 2.24) is 19.7 Å². The Kier molecular flexibility index (Phi) is 4.74. The maximum absolute atomic E-state index is 12.9. The highest BCUT2D eigenvalue weighted by molar-refractivity contribution is 6.27. The monoisotopic (exact) mass is 420 g/mol. The molecule has 0 saturated heterocycles. The smallest absolute Gasteiger partial charge is 0.351 e. The van der Waals surface area contributed by atoms with Gasteiger partial charge in [0, 0.05) is 36.2 Å². The molecule has 0 saturated carbocycles. The fourth-order valence-electron chi connectivity index (χ4n) is 3.36. The summed E-state index contributed by atoms with van der Waals surface area (Å²) in [5.41, 5.74) is 2.22. The Labute approximate surface area is 168 Å². The SMILES string of the molecule is Cn1cc2c3cc(CNC(=O)CCl)ccc3n(-c3ccc(C(F)(F)F)cc3)c2n1. The van der Waals surface area contributed by atoms with Crippen molar-refractivity contribution in [1.29, 1.82) is 0 Å². The van der Waals surface area contributed by atoms with Crippen LogP contribution in [-0.2, 0) is 24.6 Å². The molecule has 29 heavy (non-hydrogen) atoms. The molecule has 0 aliphatic carbocycles. The van der Waals surface area contributed by atoms with Crippen LogP contribution in [0.4, 0.5) is 13.2 Å². The predicted molar refractivity (Wildman–Crippen MR) is 105 cm³/mol. The summed E-state index contributed by atoms with van der Waals surface area (Å²) in [5, 5.41) is 8.97. The van der Waals surface area contributed by atoms with Gasteiger partial charge in [-0.2, -0.15) is 18.3 Å². The fraction of sp³-hybridized carbons (Fsp3) is 0.200. The molecule has 0 radical (unpaired) electrons. The van der Waals surface area contributed by atoms with Crippen LogP contribution in [0.15, 0.2) is 48.7 Å². The number of aromatic nitrogens is 3. The van der Waals surface area contributed by atoms with Crippen LogP contribution < -0.4 is 5.32 Å². The zero-order chi connectivity index (χ0) is 20.8. The van der Waals surface area contributed by atoms with Gasteiger partial charge >= 0.3 is 6.18 Å². The Balaban J connectivity index is 1.83. The number of benzene rings is 2. The first-order chi connectivity index (χ1) is 13.8. The Hall–Kier alpha value is -3.00. The van der Waals surface area contributed by atoms with E-state index in [-0.39, 0.29) is 11.8 Å². The number of hydrogen-bond donors (Lipinski definition) is 1. The molecule has 1 N–H and O–H groups in total. The third kappa shape index (κ3) is 3.55. The van der Waals surface area contributed by atoms with Gasteiger partial charge < -0.3 is 5.32 Å². The minimum absolute atomic E-state index is 0.112. The number of rotatable bonds is 4. The van der Waals surface area contributed by atoms with Gasteiger partial charge in [-0.3, -0.25) is 14.0 Å².